The standard InChI is InChI=1S/C41H72O4/c1-3-5-7-9-11-13-14-15-16-17-18-19-20-22-24-30-34-38-41(44)45-39(35-31-27-23-21-12-10-8-6-4-2)36-32-28-25-26-29-33-37-40(42)43/h11,13,15-16,21,23,31,35,39H,3-10,12,14,17-20,22,24-30,32-34,36-38H2,1-2H3,(H,42,43)/b13-11-,16-15-,23-21-,35-31-. The first-order valence-corrected chi connectivity index (χ1v) is 19.1. The smallest absolute Gasteiger partial charge is 0.306 e. The van der Waals surface area contributed by atoms with E-state index in [4.69, 9.17) is 9.84 Å². The molecule has 1 atom stereocenters. The summed E-state index contributed by atoms with van der Waals surface area (Å²) in [5.74, 6) is -0.767. The summed E-state index contributed by atoms with van der Waals surface area (Å²) in [6, 6.07) is 0. The number of hydrogen-bond donors (Lipinski definition) is 1. The molecular weight excluding hydrogens is 556 g/mol. The minimum absolute atomic E-state index is 0.0626. The Morgan fingerprint density at radius 3 is 1.49 bits per heavy atom. The van der Waals surface area contributed by atoms with Crippen molar-refractivity contribution in [2.75, 3.05) is 0 Å². The minimum atomic E-state index is -0.705. The van der Waals surface area contributed by atoms with Crippen molar-refractivity contribution in [3.05, 3.63) is 48.6 Å². The third kappa shape index (κ3) is 36.2. The monoisotopic (exact) mass is 629 g/mol. The van der Waals surface area contributed by atoms with Gasteiger partial charge in [-0.3, -0.25) is 9.59 Å². The van der Waals surface area contributed by atoms with Crippen LogP contribution in [0.25, 0.3) is 0 Å². The molecule has 0 aromatic carbocycles. The number of carboxylic acids is 1. The van der Waals surface area contributed by atoms with Gasteiger partial charge in [-0.15, -0.1) is 0 Å². The van der Waals surface area contributed by atoms with E-state index in [0.29, 0.717) is 6.42 Å². The van der Waals surface area contributed by atoms with E-state index >= 15 is 0 Å². The van der Waals surface area contributed by atoms with Crippen molar-refractivity contribution in [1.82, 2.24) is 0 Å². The van der Waals surface area contributed by atoms with E-state index in [1.165, 1.54) is 89.9 Å². The van der Waals surface area contributed by atoms with Gasteiger partial charge in [-0.25, -0.2) is 0 Å². The lowest BCUT2D eigenvalue weighted by atomic mass is 10.1. The van der Waals surface area contributed by atoms with Gasteiger partial charge in [0.1, 0.15) is 6.10 Å². The highest BCUT2D eigenvalue weighted by molar-refractivity contribution is 5.69. The van der Waals surface area contributed by atoms with Crippen molar-refractivity contribution in [3.8, 4) is 0 Å². The van der Waals surface area contributed by atoms with Gasteiger partial charge in [-0.05, 0) is 83.1 Å². The Hall–Kier alpha value is -2.10. The molecule has 0 aliphatic carbocycles. The average Bonchev–Trinajstić information content (AvgIpc) is 3.02. The molecular formula is C41H72O4. The lowest BCUT2D eigenvalue weighted by Crippen LogP contribution is -2.16. The second kappa shape index (κ2) is 36.4. The molecule has 0 aliphatic rings. The number of unbranched alkanes of at least 4 members (excludes halogenated alkanes) is 19. The normalized spacial score (nSPS) is 12.8. The molecule has 0 bridgehead atoms. The zero-order valence-corrected chi connectivity index (χ0v) is 29.7. The van der Waals surface area contributed by atoms with Crippen LogP contribution in [0.15, 0.2) is 48.6 Å². The maximum atomic E-state index is 12.6. The molecule has 0 aromatic rings. The van der Waals surface area contributed by atoms with Crippen LogP contribution in [0.1, 0.15) is 194 Å². The first-order valence-electron chi connectivity index (χ1n) is 19.1. The van der Waals surface area contributed by atoms with Gasteiger partial charge in [0.25, 0.3) is 0 Å². The third-order valence-electron chi connectivity index (χ3n) is 8.26. The first-order chi connectivity index (χ1) is 22.1. The number of carbonyl (C=O) groups excluding carboxylic acids is 1. The summed E-state index contributed by atoms with van der Waals surface area (Å²) in [6.07, 6.45) is 48.5. The van der Waals surface area contributed by atoms with E-state index in [-0.39, 0.29) is 18.5 Å². The number of aliphatic carboxylic acids is 1. The number of hydrogen-bond acceptors (Lipinski definition) is 3. The van der Waals surface area contributed by atoms with Crippen LogP contribution in [0.4, 0.5) is 0 Å². The van der Waals surface area contributed by atoms with Crippen molar-refractivity contribution in [2.24, 2.45) is 0 Å². The molecule has 0 aromatic heterocycles. The van der Waals surface area contributed by atoms with E-state index < -0.39 is 5.97 Å². The van der Waals surface area contributed by atoms with Gasteiger partial charge < -0.3 is 9.84 Å². The van der Waals surface area contributed by atoms with Crippen LogP contribution in [-0.4, -0.2) is 23.1 Å². The van der Waals surface area contributed by atoms with Crippen LogP contribution in [0.2, 0.25) is 0 Å². The van der Waals surface area contributed by atoms with Gasteiger partial charge in [-0.2, -0.15) is 0 Å². The largest absolute Gasteiger partial charge is 0.481 e. The number of ether oxygens (including phenoxy) is 1. The average molecular weight is 629 g/mol. The summed E-state index contributed by atoms with van der Waals surface area (Å²) in [5, 5.41) is 8.77. The molecule has 0 amide bonds. The molecule has 1 unspecified atom stereocenters. The lowest BCUT2D eigenvalue weighted by molar-refractivity contribution is -0.147. The van der Waals surface area contributed by atoms with Crippen LogP contribution in [0.5, 0.6) is 0 Å². The SMILES string of the molecule is CCCCC/C=C\C/C=C\CCCCCCCCCC(=O)OC(/C=C\C/C=C\CCCCCC)CCCCCCCCC(=O)O. The predicted octanol–water partition coefficient (Wildman–Crippen LogP) is 13.2. The van der Waals surface area contributed by atoms with Crippen molar-refractivity contribution in [3.63, 3.8) is 0 Å². The predicted molar refractivity (Wildman–Crippen MR) is 195 cm³/mol. The molecule has 0 heterocycles. The highest BCUT2D eigenvalue weighted by atomic mass is 16.5. The van der Waals surface area contributed by atoms with Gasteiger partial charge in [0.05, 0.1) is 0 Å². The molecule has 260 valence electrons. The van der Waals surface area contributed by atoms with E-state index in [2.05, 4.69) is 62.5 Å². The molecule has 1 N–H and O–H groups in total. The Morgan fingerprint density at radius 1 is 0.511 bits per heavy atom. The molecule has 0 rings (SSSR count). The quantitative estimate of drug-likeness (QED) is 0.0437. The molecule has 0 saturated carbocycles. The summed E-state index contributed by atoms with van der Waals surface area (Å²) >= 11 is 0. The fourth-order valence-corrected chi connectivity index (χ4v) is 5.40. The zero-order chi connectivity index (χ0) is 32.9. The van der Waals surface area contributed by atoms with Crippen molar-refractivity contribution < 1.29 is 19.4 Å². The summed E-state index contributed by atoms with van der Waals surface area (Å²) in [7, 11) is 0. The third-order valence-corrected chi connectivity index (χ3v) is 8.26. The Balaban J connectivity index is 4.11. The number of esters is 1. The minimum Gasteiger partial charge on any atom is -0.481 e. The van der Waals surface area contributed by atoms with Gasteiger partial charge in [0, 0.05) is 12.8 Å². The molecule has 0 aliphatic heterocycles. The number of carboxylic acid groups (broad SMARTS) is 1. The van der Waals surface area contributed by atoms with Crippen LogP contribution in [0, 0.1) is 0 Å². The molecule has 4 nitrogen and oxygen atoms in total. The van der Waals surface area contributed by atoms with Gasteiger partial charge in [-0.1, -0.05) is 146 Å². The fourth-order valence-electron chi connectivity index (χ4n) is 5.40. The van der Waals surface area contributed by atoms with Gasteiger partial charge >= 0.3 is 11.9 Å². The summed E-state index contributed by atoms with van der Waals surface area (Å²) in [6.45, 7) is 4.49. The number of rotatable bonds is 34. The molecule has 4 heteroatoms. The Kier molecular flexibility index (Phi) is 34.7. The van der Waals surface area contributed by atoms with E-state index in [1.807, 2.05) is 0 Å². The van der Waals surface area contributed by atoms with Crippen molar-refractivity contribution in [2.45, 2.75) is 200 Å². The van der Waals surface area contributed by atoms with Crippen LogP contribution in [-0.2, 0) is 14.3 Å². The molecule has 0 spiro atoms. The molecule has 0 saturated heterocycles. The molecule has 45 heavy (non-hydrogen) atoms. The highest BCUT2D eigenvalue weighted by Crippen LogP contribution is 2.15. The van der Waals surface area contributed by atoms with Gasteiger partial charge in [0.2, 0.25) is 0 Å². The Morgan fingerprint density at radius 2 is 0.933 bits per heavy atom. The van der Waals surface area contributed by atoms with Crippen LogP contribution >= 0.6 is 0 Å². The summed E-state index contributed by atoms with van der Waals surface area (Å²) < 4.78 is 5.90. The summed E-state index contributed by atoms with van der Waals surface area (Å²) in [5.41, 5.74) is 0. The van der Waals surface area contributed by atoms with Crippen molar-refractivity contribution in [1.29, 1.82) is 0 Å². The molecule has 0 radical (unpaired) electrons. The Bertz CT molecular complexity index is 763. The zero-order valence-electron chi connectivity index (χ0n) is 29.7. The van der Waals surface area contributed by atoms with Crippen molar-refractivity contribution >= 4 is 11.9 Å². The highest BCUT2D eigenvalue weighted by Gasteiger charge is 2.11. The maximum absolute atomic E-state index is 12.6. The van der Waals surface area contributed by atoms with Gasteiger partial charge in [0.15, 0.2) is 0 Å². The number of carbonyl (C=O) groups is 2. The number of allylic oxidation sites excluding steroid dienone is 7. The van der Waals surface area contributed by atoms with E-state index in [9.17, 15) is 9.59 Å². The van der Waals surface area contributed by atoms with Crippen LogP contribution < -0.4 is 0 Å². The summed E-state index contributed by atoms with van der Waals surface area (Å²) in [4.78, 5) is 23.3. The first kappa shape index (κ1) is 42.9. The second-order valence-corrected chi connectivity index (χ2v) is 12.8. The second-order valence-electron chi connectivity index (χ2n) is 12.8. The molecule has 0 fully saturated rings. The van der Waals surface area contributed by atoms with Crippen LogP contribution in [0.3, 0.4) is 0 Å². The lowest BCUT2D eigenvalue weighted by Gasteiger charge is -2.14. The Labute approximate surface area is 279 Å². The fraction of sp³-hybridized carbons (Fsp3) is 0.756. The maximum Gasteiger partial charge on any atom is 0.306 e. The topological polar surface area (TPSA) is 63.6 Å². The van der Waals surface area contributed by atoms with E-state index in [0.717, 1.165) is 77.0 Å². The van der Waals surface area contributed by atoms with E-state index in [1.54, 1.807) is 0 Å².